The van der Waals surface area contributed by atoms with Crippen molar-refractivity contribution in [3.05, 3.63) is 30.1 Å². The highest BCUT2D eigenvalue weighted by molar-refractivity contribution is 5.98. The third-order valence-electron chi connectivity index (χ3n) is 2.54. The molecular formula is C11H10FNO3. The Bertz CT molecular complexity index is 447. The number of nitrogens with one attached hydrogen (secondary N) is 1. The highest BCUT2D eigenvalue weighted by atomic mass is 19.1. The Balaban J connectivity index is 1.96. The molecule has 0 saturated heterocycles. The molecule has 84 valence electrons. The van der Waals surface area contributed by atoms with Gasteiger partial charge in [-0.2, -0.15) is 0 Å². The van der Waals surface area contributed by atoms with Gasteiger partial charge in [0.05, 0.1) is 11.8 Å². The van der Waals surface area contributed by atoms with Crippen molar-refractivity contribution in [3.63, 3.8) is 0 Å². The van der Waals surface area contributed by atoms with Gasteiger partial charge in [0.2, 0.25) is 5.91 Å². The fourth-order valence-corrected chi connectivity index (χ4v) is 1.56. The van der Waals surface area contributed by atoms with Crippen molar-refractivity contribution in [2.24, 2.45) is 11.8 Å². The lowest BCUT2D eigenvalue weighted by molar-refractivity contribution is -0.139. The Labute approximate surface area is 91.1 Å². The molecule has 2 unspecified atom stereocenters. The van der Waals surface area contributed by atoms with Crippen LogP contribution in [0.1, 0.15) is 6.42 Å². The van der Waals surface area contributed by atoms with Crippen molar-refractivity contribution in [3.8, 4) is 0 Å². The van der Waals surface area contributed by atoms with E-state index in [1.165, 1.54) is 18.2 Å². The maximum absolute atomic E-state index is 12.8. The highest BCUT2D eigenvalue weighted by Crippen LogP contribution is 2.39. The Kier molecular flexibility index (Phi) is 2.60. The number of carboxylic acids is 1. The van der Waals surface area contributed by atoms with E-state index in [1.54, 1.807) is 6.07 Å². The van der Waals surface area contributed by atoms with Crippen LogP contribution in [0.5, 0.6) is 0 Å². The summed E-state index contributed by atoms with van der Waals surface area (Å²) in [5.74, 6) is -2.84. The molecule has 4 nitrogen and oxygen atoms in total. The Morgan fingerprint density at radius 2 is 2.12 bits per heavy atom. The second kappa shape index (κ2) is 3.92. The number of anilines is 1. The molecule has 2 N–H and O–H groups in total. The first-order chi connectivity index (χ1) is 7.58. The third-order valence-corrected chi connectivity index (χ3v) is 2.54. The van der Waals surface area contributed by atoms with E-state index in [2.05, 4.69) is 5.32 Å². The lowest BCUT2D eigenvalue weighted by Crippen LogP contribution is -2.16. The van der Waals surface area contributed by atoms with Gasteiger partial charge in [0, 0.05) is 5.69 Å². The average molecular weight is 223 g/mol. The molecule has 16 heavy (non-hydrogen) atoms. The van der Waals surface area contributed by atoms with Crippen LogP contribution >= 0.6 is 0 Å². The third kappa shape index (κ3) is 2.18. The summed E-state index contributed by atoms with van der Waals surface area (Å²) in [6, 6.07) is 5.49. The largest absolute Gasteiger partial charge is 0.481 e. The van der Waals surface area contributed by atoms with E-state index in [0.29, 0.717) is 12.1 Å². The summed E-state index contributed by atoms with van der Waals surface area (Å²) < 4.78 is 12.8. The second-order valence-electron chi connectivity index (χ2n) is 3.79. The maximum Gasteiger partial charge on any atom is 0.307 e. The first kappa shape index (κ1) is 10.6. The number of hydrogen-bond acceptors (Lipinski definition) is 2. The number of carbonyl (C=O) groups excluding carboxylic acids is 1. The molecule has 5 heteroatoms. The first-order valence-corrected chi connectivity index (χ1v) is 4.87. The molecule has 1 fully saturated rings. The zero-order valence-corrected chi connectivity index (χ0v) is 8.31. The lowest BCUT2D eigenvalue weighted by atomic mass is 10.2. The Morgan fingerprint density at radius 3 is 2.69 bits per heavy atom. The first-order valence-electron chi connectivity index (χ1n) is 4.87. The topological polar surface area (TPSA) is 66.4 Å². The van der Waals surface area contributed by atoms with Gasteiger partial charge in [-0.3, -0.25) is 9.59 Å². The van der Waals surface area contributed by atoms with Gasteiger partial charge in [-0.1, -0.05) is 6.07 Å². The number of carbonyl (C=O) groups is 2. The number of aliphatic carboxylic acids is 1. The Morgan fingerprint density at radius 1 is 1.38 bits per heavy atom. The summed E-state index contributed by atoms with van der Waals surface area (Å²) in [6.45, 7) is 0. The SMILES string of the molecule is O=C(O)C1CC1C(=O)Nc1cccc(F)c1. The van der Waals surface area contributed by atoms with Gasteiger partial charge in [-0.15, -0.1) is 0 Å². The normalized spacial score (nSPS) is 22.6. The van der Waals surface area contributed by atoms with Crippen LogP contribution < -0.4 is 5.32 Å². The van der Waals surface area contributed by atoms with E-state index in [-0.39, 0.29) is 5.91 Å². The minimum Gasteiger partial charge on any atom is -0.481 e. The lowest BCUT2D eigenvalue weighted by Gasteiger charge is -2.03. The van der Waals surface area contributed by atoms with E-state index >= 15 is 0 Å². The number of amides is 1. The summed E-state index contributed by atoms with van der Waals surface area (Å²) in [5.41, 5.74) is 0.348. The molecule has 0 aliphatic heterocycles. The summed E-state index contributed by atoms with van der Waals surface area (Å²) in [6.07, 6.45) is 0.358. The summed E-state index contributed by atoms with van der Waals surface area (Å²) in [7, 11) is 0. The van der Waals surface area contributed by atoms with Gasteiger partial charge in [0.1, 0.15) is 5.82 Å². The zero-order valence-electron chi connectivity index (χ0n) is 8.31. The number of carboxylic acid groups (broad SMARTS) is 1. The molecule has 0 aromatic heterocycles. The molecule has 1 aromatic carbocycles. The molecule has 1 aliphatic carbocycles. The summed E-state index contributed by atoms with van der Waals surface area (Å²) >= 11 is 0. The molecule has 1 aliphatic rings. The number of halogens is 1. The average Bonchev–Trinajstić information content (AvgIpc) is 2.96. The molecule has 0 spiro atoms. The van der Waals surface area contributed by atoms with Gasteiger partial charge in [0.15, 0.2) is 0 Å². The van der Waals surface area contributed by atoms with Crippen molar-refractivity contribution in [2.45, 2.75) is 6.42 Å². The molecule has 1 aromatic rings. The van der Waals surface area contributed by atoms with Crippen molar-refractivity contribution < 1.29 is 19.1 Å². The van der Waals surface area contributed by atoms with Crippen LogP contribution in [0.25, 0.3) is 0 Å². The predicted octanol–water partition coefficient (Wildman–Crippen LogP) is 1.48. The molecule has 0 bridgehead atoms. The van der Waals surface area contributed by atoms with Crippen LogP contribution in [0.4, 0.5) is 10.1 Å². The second-order valence-corrected chi connectivity index (χ2v) is 3.79. The van der Waals surface area contributed by atoms with Gasteiger partial charge < -0.3 is 10.4 Å². The van der Waals surface area contributed by atoms with E-state index in [9.17, 15) is 14.0 Å². The minimum atomic E-state index is -0.959. The van der Waals surface area contributed by atoms with Crippen molar-refractivity contribution in [1.82, 2.24) is 0 Å². The van der Waals surface area contributed by atoms with Gasteiger partial charge in [-0.25, -0.2) is 4.39 Å². The van der Waals surface area contributed by atoms with Crippen molar-refractivity contribution in [1.29, 1.82) is 0 Å². The van der Waals surface area contributed by atoms with Gasteiger partial charge in [-0.05, 0) is 24.6 Å². The van der Waals surface area contributed by atoms with Crippen LogP contribution in [0, 0.1) is 17.7 Å². The van der Waals surface area contributed by atoms with Crippen LogP contribution in [0.15, 0.2) is 24.3 Å². The quantitative estimate of drug-likeness (QED) is 0.815. The van der Waals surface area contributed by atoms with Crippen molar-refractivity contribution >= 4 is 17.6 Å². The molecule has 2 rings (SSSR count). The predicted molar refractivity (Wildman–Crippen MR) is 54.3 cm³/mol. The van der Waals surface area contributed by atoms with Crippen LogP contribution in [-0.4, -0.2) is 17.0 Å². The van der Waals surface area contributed by atoms with Crippen molar-refractivity contribution in [2.75, 3.05) is 5.32 Å². The Hall–Kier alpha value is -1.91. The number of rotatable bonds is 3. The molecule has 1 saturated carbocycles. The van der Waals surface area contributed by atoms with E-state index < -0.39 is 23.6 Å². The van der Waals surface area contributed by atoms with Gasteiger partial charge >= 0.3 is 5.97 Å². The zero-order chi connectivity index (χ0) is 11.7. The fourth-order valence-electron chi connectivity index (χ4n) is 1.56. The molecular weight excluding hydrogens is 213 g/mol. The summed E-state index contributed by atoms with van der Waals surface area (Å²) in [4.78, 5) is 22.0. The van der Waals surface area contributed by atoms with E-state index in [0.717, 1.165) is 0 Å². The minimum absolute atomic E-state index is 0.348. The smallest absolute Gasteiger partial charge is 0.307 e. The van der Waals surface area contributed by atoms with Gasteiger partial charge in [0.25, 0.3) is 0 Å². The van der Waals surface area contributed by atoms with E-state index in [4.69, 9.17) is 5.11 Å². The van der Waals surface area contributed by atoms with Crippen LogP contribution in [0.2, 0.25) is 0 Å². The molecule has 2 atom stereocenters. The molecule has 0 radical (unpaired) electrons. The number of hydrogen-bond donors (Lipinski definition) is 2. The fraction of sp³-hybridized carbons (Fsp3) is 0.273. The monoisotopic (exact) mass is 223 g/mol. The molecule has 0 heterocycles. The van der Waals surface area contributed by atoms with Crippen LogP contribution in [-0.2, 0) is 9.59 Å². The standard InChI is InChI=1S/C11H10FNO3/c12-6-2-1-3-7(4-6)13-10(14)8-5-9(8)11(15)16/h1-4,8-9H,5H2,(H,13,14)(H,15,16). The summed E-state index contributed by atoms with van der Waals surface area (Å²) in [5, 5.41) is 11.1. The molecule has 1 amide bonds. The van der Waals surface area contributed by atoms with E-state index in [1.807, 2.05) is 0 Å². The van der Waals surface area contributed by atoms with Crippen LogP contribution in [0.3, 0.4) is 0 Å². The maximum atomic E-state index is 12.8. The highest BCUT2D eigenvalue weighted by Gasteiger charge is 2.48. The number of benzene rings is 1.